The highest BCUT2D eigenvalue weighted by Crippen LogP contribution is 2.29. The number of aryl methyl sites for hydroxylation is 1. The van der Waals surface area contributed by atoms with Gasteiger partial charge < -0.3 is 10.3 Å². The summed E-state index contributed by atoms with van der Waals surface area (Å²) in [4.78, 5) is 11.7. The maximum Gasteiger partial charge on any atom is 0.118 e. The van der Waals surface area contributed by atoms with E-state index in [1.54, 1.807) is 23.9 Å². The van der Waals surface area contributed by atoms with Crippen molar-refractivity contribution in [1.82, 2.24) is 15.0 Å². The summed E-state index contributed by atoms with van der Waals surface area (Å²) < 4.78 is 0. The second kappa shape index (κ2) is 4.71. The number of hydrogen-bond acceptors (Lipinski definition) is 4. The van der Waals surface area contributed by atoms with Crippen molar-refractivity contribution in [3.63, 3.8) is 0 Å². The molecule has 17 heavy (non-hydrogen) atoms. The topological polar surface area (TPSA) is 53.6 Å². The van der Waals surface area contributed by atoms with Gasteiger partial charge in [-0.2, -0.15) is 0 Å². The molecule has 1 aliphatic heterocycles. The van der Waals surface area contributed by atoms with Crippen LogP contribution in [0.5, 0.6) is 0 Å². The SMILES string of the molecule is C(=Cc1nc2c(s1)NCCCC2)c1cnc[nH]1. The number of hydrogen-bond donors (Lipinski definition) is 2. The fraction of sp³-hybridized carbons (Fsp3) is 0.333. The van der Waals surface area contributed by atoms with Crippen molar-refractivity contribution in [1.29, 1.82) is 0 Å². The molecule has 0 aliphatic carbocycles. The van der Waals surface area contributed by atoms with Crippen molar-refractivity contribution in [2.75, 3.05) is 11.9 Å². The lowest BCUT2D eigenvalue weighted by atomic mass is 10.2. The van der Waals surface area contributed by atoms with E-state index in [4.69, 9.17) is 0 Å². The maximum absolute atomic E-state index is 4.65. The third-order valence-electron chi connectivity index (χ3n) is 2.76. The van der Waals surface area contributed by atoms with E-state index in [0.29, 0.717) is 0 Å². The van der Waals surface area contributed by atoms with Crippen LogP contribution in [-0.2, 0) is 6.42 Å². The van der Waals surface area contributed by atoms with Crippen molar-refractivity contribution < 1.29 is 0 Å². The molecule has 3 heterocycles. The van der Waals surface area contributed by atoms with Gasteiger partial charge in [-0.3, -0.25) is 0 Å². The van der Waals surface area contributed by atoms with Gasteiger partial charge in [0, 0.05) is 6.54 Å². The number of nitrogens with zero attached hydrogens (tertiary/aromatic N) is 2. The first-order chi connectivity index (χ1) is 8.42. The zero-order valence-corrected chi connectivity index (χ0v) is 10.3. The number of nitrogens with one attached hydrogen (secondary N) is 2. The summed E-state index contributed by atoms with van der Waals surface area (Å²) in [7, 11) is 0. The van der Waals surface area contributed by atoms with E-state index in [0.717, 1.165) is 23.7 Å². The minimum Gasteiger partial charge on any atom is -0.375 e. The van der Waals surface area contributed by atoms with Gasteiger partial charge in [-0.05, 0) is 31.4 Å². The number of fused-ring (bicyclic) bond motifs is 1. The molecule has 2 aromatic heterocycles. The van der Waals surface area contributed by atoms with Gasteiger partial charge in [-0.25, -0.2) is 9.97 Å². The molecule has 0 amide bonds. The number of aromatic nitrogens is 3. The summed E-state index contributed by atoms with van der Waals surface area (Å²) in [6, 6.07) is 0. The van der Waals surface area contributed by atoms with Crippen LogP contribution < -0.4 is 5.32 Å². The van der Waals surface area contributed by atoms with Gasteiger partial charge in [-0.15, -0.1) is 0 Å². The molecule has 0 saturated heterocycles. The lowest BCUT2D eigenvalue weighted by Crippen LogP contribution is -1.96. The van der Waals surface area contributed by atoms with Crippen LogP contribution in [0.15, 0.2) is 12.5 Å². The second-order valence-corrected chi connectivity index (χ2v) is 5.08. The van der Waals surface area contributed by atoms with Crippen molar-refractivity contribution >= 4 is 28.5 Å². The molecule has 0 spiro atoms. The van der Waals surface area contributed by atoms with E-state index >= 15 is 0 Å². The lowest BCUT2D eigenvalue weighted by Gasteiger charge is -1.96. The summed E-state index contributed by atoms with van der Waals surface area (Å²) in [5.41, 5.74) is 2.22. The molecule has 4 nitrogen and oxygen atoms in total. The van der Waals surface area contributed by atoms with Crippen molar-refractivity contribution in [2.45, 2.75) is 19.3 Å². The molecule has 0 fully saturated rings. The summed E-state index contributed by atoms with van der Waals surface area (Å²) in [5.74, 6) is 0. The molecule has 0 atom stereocenters. The highest BCUT2D eigenvalue weighted by atomic mass is 32.1. The Bertz CT molecular complexity index is 489. The normalized spacial score (nSPS) is 15.5. The third kappa shape index (κ3) is 2.39. The van der Waals surface area contributed by atoms with Crippen LogP contribution in [0.25, 0.3) is 12.2 Å². The molecule has 88 valence electrons. The minimum absolute atomic E-state index is 1.00. The highest BCUT2D eigenvalue weighted by Gasteiger charge is 2.11. The number of anilines is 1. The molecule has 3 rings (SSSR count). The van der Waals surface area contributed by atoms with Gasteiger partial charge in [0.25, 0.3) is 0 Å². The molecule has 2 aromatic rings. The van der Waals surface area contributed by atoms with Crippen LogP contribution in [0.4, 0.5) is 5.00 Å². The molecular formula is C12H14N4S. The standard InChI is InChI=1S/C12H14N4S/c1-2-6-14-12-10(3-1)16-11(17-12)5-4-9-7-13-8-15-9/h4-5,7-8,14H,1-3,6H2,(H,13,15). The summed E-state index contributed by atoms with van der Waals surface area (Å²) in [5, 5.41) is 5.74. The van der Waals surface area contributed by atoms with E-state index in [-0.39, 0.29) is 0 Å². The third-order valence-corrected chi connectivity index (χ3v) is 3.79. The fourth-order valence-corrected chi connectivity index (χ4v) is 2.83. The molecule has 0 aromatic carbocycles. The average molecular weight is 246 g/mol. The Morgan fingerprint density at radius 2 is 2.29 bits per heavy atom. The van der Waals surface area contributed by atoms with Gasteiger partial charge in [0.15, 0.2) is 0 Å². The molecule has 0 radical (unpaired) electrons. The molecule has 0 unspecified atom stereocenters. The predicted octanol–water partition coefficient (Wildman–Crippen LogP) is 2.78. The second-order valence-electron chi connectivity index (χ2n) is 4.05. The lowest BCUT2D eigenvalue weighted by molar-refractivity contribution is 0.774. The number of aromatic amines is 1. The molecule has 0 saturated carbocycles. The summed E-state index contributed by atoms with van der Waals surface area (Å²) in [6.45, 7) is 1.07. The van der Waals surface area contributed by atoms with Crippen molar-refractivity contribution in [2.24, 2.45) is 0 Å². The highest BCUT2D eigenvalue weighted by molar-refractivity contribution is 7.16. The molecular weight excluding hydrogens is 232 g/mol. The predicted molar refractivity (Wildman–Crippen MR) is 71.1 cm³/mol. The van der Waals surface area contributed by atoms with Crippen LogP contribution in [-0.4, -0.2) is 21.5 Å². The number of H-pyrrole nitrogens is 1. The fourth-order valence-electron chi connectivity index (χ4n) is 1.89. The zero-order chi connectivity index (χ0) is 11.5. The average Bonchev–Trinajstić information content (AvgIpc) is 2.93. The number of thiazole rings is 1. The van der Waals surface area contributed by atoms with Gasteiger partial charge in [0.1, 0.15) is 10.0 Å². The largest absolute Gasteiger partial charge is 0.375 e. The molecule has 2 N–H and O–H groups in total. The maximum atomic E-state index is 4.65. The molecule has 1 aliphatic rings. The minimum atomic E-state index is 1.00. The van der Waals surface area contributed by atoms with Gasteiger partial charge in [-0.1, -0.05) is 11.3 Å². The molecule has 0 bridgehead atoms. The van der Waals surface area contributed by atoms with Crippen molar-refractivity contribution in [3.05, 3.63) is 28.9 Å². The van der Waals surface area contributed by atoms with E-state index in [1.807, 2.05) is 12.2 Å². The van der Waals surface area contributed by atoms with Gasteiger partial charge >= 0.3 is 0 Å². The van der Waals surface area contributed by atoms with E-state index < -0.39 is 0 Å². The quantitative estimate of drug-likeness (QED) is 0.856. The van der Waals surface area contributed by atoms with Crippen LogP contribution in [0.2, 0.25) is 0 Å². The Kier molecular flexibility index (Phi) is 2.92. The first kappa shape index (κ1) is 10.5. The number of imidazole rings is 1. The van der Waals surface area contributed by atoms with Crippen LogP contribution >= 0.6 is 11.3 Å². The Labute approximate surface area is 104 Å². The Morgan fingerprint density at radius 1 is 1.29 bits per heavy atom. The monoisotopic (exact) mass is 246 g/mol. The van der Waals surface area contributed by atoms with Crippen LogP contribution in [0, 0.1) is 0 Å². The van der Waals surface area contributed by atoms with Crippen LogP contribution in [0.3, 0.4) is 0 Å². The first-order valence-corrected chi connectivity index (χ1v) is 6.63. The van der Waals surface area contributed by atoms with Crippen molar-refractivity contribution in [3.8, 4) is 0 Å². The summed E-state index contributed by atoms with van der Waals surface area (Å²) >= 11 is 1.73. The smallest absolute Gasteiger partial charge is 0.118 e. The Balaban J connectivity index is 1.80. The van der Waals surface area contributed by atoms with Gasteiger partial charge in [0.2, 0.25) is 0 Å². The van der Waals surface area contributed by atoms with Crippen LogP contribution in [0.1, 0.15) is 29.2 Å². The summed E-state index contributed by atoms with van der Waals surface area (Å²) in [6.07, 6.45) is 11.1. The van der Waals surface area contributed by atoms with E-state index in [2.05, 4.69) is 20.3 Å². The Hall–Kier alpha value is -1.62. The van der Waals surface area contributed by atoms with E-state index in [1.165, 1.54) is 23.5 Å². The molecule has 5 heteroatoms. The number of rotatable bonds is 2. The zero-order valence-electron chi connectivity index (χ0n) is 9.44. The van der Waals surface area contributed by atoms with Gasteiger partial charge in [0.05, 0.1) is 23.9 Å². The first-order valence-electron chi connectivity index (χ1n) is 5.82. The Morgan fingerprint density at radius 3 is 3.18 bits per heavy atom. The van der Waals surface area contributed by atoms with E-state index in [9.17, 15) is 0 Å².